The van der Waals surface area contributed by atoms with Crippen LogP contribution in [0.2, 0.25) is 0 Å². The van der Waals surface area contributed by atoms with Crippen molar-refractivity contribution in [3.05, 3.63) is 0 Å². The highest BCUT2D eigenvalue weighted by Crippen LogP contribution is 2.31. The zero-order valence-corrected chi connectivity index (χ0v) is 8.51. The molecule has 0 saturated heterocycles. The Morgan fingerprint density at radius 2 is 2.25 bits per heavy atom. The van der Waals surface area contributed by atoms with Crippen molar-refractivity contribution in [2.75, 3.05) is 7.11 Å². The molecule has 1 rings (SSSR count). The van der Waals surface area contributed by atoms with E-state index in [0.29, 0.717) is 12.8 Å². The molecule has 4 heteroatoms. The second-order valence-electron chi connectivity index (χ2n) is 3.07. The molecule has 0 aromatic carbocycles. The molecule has 0 aliphatic heterocycles. The summed E-state index contributed by atoms with van der Waals surface area (Å²) in [6, 6.07) is 0. The van der Waals surface area contributed by atoms with E-state index in [-0.39, 0.29) is 16.7 Å². The Balaban J connectivity index is 2.45. The third-order valence-corrected chi connectivity index (χ3v) is 3.26. The molecule has 0 bridgehead atoms. The smallest absolute Gasteiger partial charge is 0.308 e. The largest absolute Gasteiger partial charge is 0.469 e. The van der Waals surface area contributed by atoms with Crippen molar-refractivity contribution in [2.45, 2.75) is 30.3 Å². The number of methoxy groups -OCH3 is 1. The third-order valence-electron chi connectivity index (χ3n) is 2.23. The van der Waals surface area contributed by atoms with E-state index in [1.165, 1.54) is 7.11 Å². The molecule has 1 aliphatic carbocycles. The van der Waals surface area contributed by atoms with Gasteiger partial charge in [-0.05, 0) is 19.3 Å². The molecule has 0 amide bonds. The highest BCUT2D eigenvalue weighted by Gasteiger charge is 2.32. The van der Waals surface area contributed by atoms with Gasteiger partial charge < -0.3 is 4.74 Å². The van der Waals surface area contributed by atoms with Crippen molar-refractivity contribution in [2.24, 2.45) is 5.92 Å². The van der Waals surface area contributed by atoms with Gasteiger partial charge in [0.05, 0.1) is 13.0 Å². The average Bonchev–Trinajstić information content (AvgIpc) is 2.08. The molecular formula is C8H12BrFO2. The van der Waals surface area contributed by atoms with E-state index < -0.39 is 6.17 Å². The SMILES string of the molecule is COC(=O)[C@@H]1CC[C@@H](Br)[C@@H](F)C1. The summed E-state index contributed by atoms with van der Waals surface area (Å²) >= 11 is 3.23. The summed E-state index contributed by atoms with van der Waals surface area (Å²) in [7, 11) is 1.34. The number of carbonyl (C=O) groups is 1. The molecular weight excluding hydrogens is 227 g/mol. The van der Waals surface area contributed by atoms with Crippen LogP contribution in [-0.2, 0) is 9.53 Å². The summed E-state index contributed by atoms with van der Waals surface area (Å²) in [6.07, 6.45) is 0.815. The number of ether oxygens (including phenoxy) is 1. The number of alkyl halides is 2. The van der Waals surface area contributed by atoms with Crippen LogP contribution in [0.4, 0.5) is 4.39 Å². The van der Waals surface area contributed by atoms with E-state index in [4.69, 9.17) is 0 Å². The summed E-state index contributed by atoms with van der Waals surface area (Å²) < 4.78 is 17.6. The molecule has 0 aromatic heterocycles. The summed E-state index contributed by atoms with van der Waals surface area (Å²) in [6.45, 7) is 0. The lowest BCUT2D eigenvalue weighted by Crippen LogP contribution is -2.31. The standard InChI is InChI=1S/C8H12BrFO2/c1-12-8(11)5-2-3-6(9)7(10)4-5/h5-7H,2-4H2,1H3/t5-,6-,7+/m1/s1. The van der Waals surface area contributed by atoms with E-state index >= 15 is 0 Å². The zero-order valence-electron chi connectivity index (χ0n) is 6.93. The molecule has 0 heterocycles. The Hall–Kier alpha value is -0.120. The number of carbonyl (C=O) groups excluding carboxylic acids is 1. The Bertz CT molecular complexity index is 174. The first kappa shape index (κ1) is 9.96. The van der Waals surface area contributed by atoms with Gasteiger partial charge in [-0.25, -0.2) is 4.39 Å². The number of esters is 1. The van der Waals surface area contributed by atoms with Crippen molar-refractivity contribution in [1.29, 1.82) is 0 Å². The minimum absolute atomic E-state index is 0.0848. The van der Waals surface area contributed by atoms with Gasteiger partial charge in [0.1, 0.15) is 6.17 Å². The number of hydrogen-bond donors (Lipinski definition) is 0. The van der Waals surface area contributed by atoms with Crippen molar-refractivity contribution < 1.29 is 13.9 Å². The maximum atomic E-state index is 13.1. The molecule has 3 atom stereocenters. The van der Waals surface area contributed by atoms with E-state index in [9.17, 15) is 9.18 Å². The lowest BCUT2D eigenvalue weighted by molar-refractivity contribution is -0.147. The summed E-state index contributed by atoms with van der Waals surface area (Å²) in [5, 5.41) is 0. The van der Waals surface area contributed by atoms with Crippen LogP contribution in [0, 0.1) is 5.92 Å². The second-order valence-corrected chi connectivity index (χ2v) is 4.24. The van der Waals surface area contributed by atoms with Gasteiger partial charge in [0.15, 0.2) is 0 Å². The van der Waals surface area contributed by atoms with E-state index in [0.717, 1.165) is 6.42 Å². The summed E-state index contributed by atoms with van der Waals surface area (Å²) in [5.41, 5.74) is 0. The fourth-order valence-electron chi connectivity index (χ4n) is 1.46. The van der Waals surface area contributed by atoms with Gasteiger partial charge in [-0.3, -0.25) is 4.79 Å². The molecule has 1 saturated carbocycles. The molecule has 0 radical (unpaired) electrons. The monoisotopic (exact) mass is 238 g/mol. The van der Waals surface area contributed by atoms with Crippen LogP contribution in [0.1, 0.15) is 19.3 Å². The van der Waals surface area contributed by atoms with Crippen molar-refractivity contribution in [3.63, 3.8) is 0 Å². The van der Waals surface area contributed by atoms with Crippen molar-refractivity contribution >= 4 is 21.9 Å². The van der Waals surface area contributed by atoms with Crippen LogP contribution < -0.4 is 0 Å². The Morgan fingerprint density at radius 1 is 1.58 bits per heavy atom. The zero-order chi connectivity index (χ0) is 9.14. The van der Waals surface area contributed by atoms with Crippen LogP contribution in [0.3, 0.4) is 0 Å². The predicted octanol–water partition coefficient (Wildman–Crippen LogP) is 2.06. The molecule has 1 aliphatic rings. The normalized spacial score (nSPS) is 36.1. The number of rotatable bonds is 1. The van der Waals surface area contributed by atoms with Crippen LogP contribution in [0.15, 0.2) is 0 Å². The summed E-state index contributed by atoms with van der Waals surface area (Å²) in [4.78, 5) is 10.9. The Labute approximate surface area is 79.6 Å². The van der Waals surface area contributed by atoms with Crippen LogP contribution in [0.25, 0.3) is 0 Å². The van der Waals surface area contributed by atoms with Crippen LogP contribution >= 0.6 is 15.9 Å². The fraction of sp³-hybridized carbons (Fsp3) is 0.875. The molecule has 0 unspecified atom stereocenters. The lowest BCUT2D eigenvalue weighted by atomic mass is 9.88. The third kappa shape index (κ3) is 2.19. The first-order valence-corrected chi connectivity index (χ1v) is 4.92. The second kappa shape index (κ2) is 4.21. The molecule has 2 nitrogen and oxygen atoms in total. The van der Waals surface area contributed by atoms with Crippen molar-refractivity contribution in [3.8, 4) is 0 Å². The van der Waals surface area contributed by atoms with Crippen molar-refractivity contribution in [1.82, 2.24) is 0 Å². The van der Waals surface area contributed by atoms with E-state index in [1.54, 1.807) is 0 Å². The Morgan fingerprint density at radius 3 is 2.75 bits per heavy atom. The molecule has 70 valence electrons. The summed E-state index contributed by atoms with van der Waals surface area (Å²) in [5.74, 6) is -0.518. The topological polar surface area (TPSA) is 26.3 Å². The Kier molecular flexibility index (Phi) is 3.50. The van der Waals surface area contributed by atoms with Gasteiger partial charge in [0.2, 0.25) is 0 Å². The van der Waals surface area contributed by atoms with Crippen LogP contribution in [-0.4, -0.2) is 24.1 Å². The molecule has 1 fully saturated rings. The first-order valence-electron chi connectivity index (χ1n) is 4.01. The van der Waals surface area contributed by atoms with E-state index in [2.05, 4.69) is 20.7 Å². The van der Waals surface area contributed by atoms with Gasteiger partial charge in [-0.15, -0.1) is 0 Å². The fourth-order valence-corrected chi connectivity index (χ4v) is 1.94. The molecule has 0 N–H and O–H groups in total. The maximum Gasteiger partial charge on any atom is 0.308 e. The van der Waals surface area contributed by atoms with Gasteiger partial charge in [-0.1, -0.05) is 15.9 Å². The maximum absolute atomic E-state index is 13.1. The highest BCUT2D eigenvalue weighted by molar-refractivity contribution is 9.09. The minimum Gasteiger partial charge on any atom is -0.469 e. The number of hydrogen-bond acceptors (Lipinski definition) is 2. The lowest BCUT2D eigenvalue weighted by Gasteiger charge is -2.26. The first-order chi connectivity index (χ1) is 5.65. The average molecular weight is 239 g/mol. The molecule has 0 spiro atoms. The quantitative estimate of drug-likeness (QED) is 0.517. The number of halogens is 2. The van der Waals surface area contributed by atoms with Gasteiger partial charge in [0.25, 0.3) is 0 Å². The molecule has 0 aromatic rings. The van der Waals surface area contributed by atoms with Crippen LogP contribution in [0.5, 0.6) is 0 Å². The van der Waals surface area contributed by atoms with E-state index in [1.807, 2.05) is 0 Å². The molecule has 12 heavy (non-hydrogen) atoms. The van der Waals surface area contributed by atoms with Gasteiger partial charge >= 0.3 is 5.97 Å². The van der Waals surface area contributed by atoms with Gasteiger partial charge in [-0.2, -0.15) is 0 Å². The predicted molar refractivity (Wildman–Crippen MR) is 47.0 cm³/mol. The highest BCUT2D eigenvalue weighted by atomic mass is 79.9. The van der Waals surface area contributed by atoms with Gasteiger partial charge in [0, 0.05) is 4.83 Å². The minimum atomic E-state index is -0.914.